The van der Waals surface area contributed by atoms with Crippen molar-refractivity contribution < 1.29 is 15.3 Å². The van der Waals surface area contributed by atoms with E-state index < -0.39 is 0 Å². The number of rotatable bonds is 1. The largest absolute Gasteiger partial charge is 0.507 e. The van der Waals surface area contributed by atoms with E-state index in [0.717, 1.165) is 16.7 Å². The number of phenolic OH excluding ortho intramolecular Hbond substituents is 3. The van der Waals surface area contributed by atoms with Gasteiger partial charge in [0.15, 0.2) is 11.5 Å². The molecule has 94 valence electrons. The molecule has 18 heavy (non-hydrogen) atoms. The van der Waals surface area contributed by atoms with Crippen molar-refractivity contribution in [2.24, 2.45) is 0 Å². The molecule has 0 aliphatic carbocycles. The number of benzene rings is 2. The Labute approximate surface area is 106 Å². The van der Waals surface area contributed by atoms with Gasteiger partial charge in [-0.2, -0.15) is 0 Å². The second-order valence-electron chi connectivity index (χ2n) is 4.53. The van der Waals surface area contributed by atoms with Crippen molar-refractivity contribution in [3.05, 3.63) is 41.0 Å². The Kier molecular flexibility index (Phi) is 2.91. The van der Waals surface area contributed by atoms with Crippen LogP contribution in [0.25, 0.3) is 11.1 Å². The van der Waals surface area contributed by atoms with Gasteiger partial charge in [-0.15, -0.1) is 0 Å². The SMILES string of the molecule is Cc1cccc(C)c1-c1c(O)cc(O)c(O)c1C. The first kappa shape index (κ1) is 12.3. The second-order valence-corrected chi connectivity index (χ2v) is 4.53. The van der Waals surface area contributed by atoms with E-state index in [0.29, 0.717) is 11.1 Å². The Balaban J connectivity index is 2.84. The summed E-state index contributed by atoms with van der Waals surface area (Å²) in [7, 11) is 0. The summed E-state index contributed by atoms with van der Waals surface area (Å²) in [4.78, 5) is 0. The molecule has 2 rings (SSSR count). The average molecular weight is 244 g/mol. The van der Waals surface area contributed by atoms with E-state index in [1.54, 1.807) is 6.92 Å². The minimum Gasteiger partial charge on any atom is -0.507 e. The maximum atomic E-state index is 10.0. The Hall–Kier alpha value is -2.16. The predicted octanol–water partition coefficient (Wildman–Crippen LogP) is 3.40. The zero-order valence-corrected chi connectivity index (χ0v) is 10.7. The molecule has 0 fully saturated rings. The molecule has 0 aliphatic heterocycles. The molecule has 0 unspecified atom stereocenters. The van der Waals surface area contributed by atoms with E-state index in [2.05, 4.69) is 0 Å². The van der Waals surface area contributed by atoms with Crippen molar-refractivity contribution in [3.63, 3.8) is 0 Å². The Morgan fingerprint density at radius 3 is 1.89 bits per heavy atom. The summed E-state index contributed by atoms with van der Waals surface area (Å²) in [5, 5.41) is 29.3. The summed E-state index contributed by atoms with van der Waals surface area (Å²) >= 11 is 0. The maximum absolute atomic E-state index is 10.0. The summed E-state index contributed by atoms with van der Waals surface area (Å²) in [5.41, 5.74) is 3.96. The lowest BCUT2D eigenvalue weighted by atomic mass is 9.91. The minimum absolute atomic E-state index is 0.0276. The van der Waals surface area contributed by atoms with Gasteiger partial charge in [-0.25, -0.2) is 0 Å². The highest BCUT2D eigenvalue weighted by atomic mass is 16.3. The third-order valence-corrected chi connectivity index (χ3v) is 3.23. The van der Waals surface area contributed by atoms with E-state index in [4.69, 9.17) is 0 Å². The molecule has 0 heterocycles. The summed E-state index contributed by atoms with van der Waals surface area (Å²) < 4.78 is 0. The fourth-order valence-electron chi connectivity index (χ4n) is 2.30. The van der Waals surface area contributed by atoms with Crippen molar-refractivity contribution in [1.82, 2.24) is 0 Å². The van der Waals surface area contributed by atoms with Crippen LogP contribution in [0.1, 0.15) is 16.7 Å². The van der Waals surface area contributed by atoms with Gasteiger partial charge in [0.2, 0.25) is 0 Å². The zero-order chi connectivity index (χ0) is 13.4. The summed E-state index contributed by atoms with van der Waals surface area (Å²) in [6.07, 6.45) is 0. The molecule has 0 aromatic heterocycles. The first-order valence-electron chi connectivity index (χ1n) is 5.74. The van der Waals surface area contributed by atoms with Crippen LogP contribution in [-0.2, 0) is 0 Å². The monoisotopic (exact) mass is 244 g/mol. The van der Waals surface area contributed by atoms with Gasteiger partial charge in [-0.3, -0.25) is 0 Å². The van der Waals surface area contributed by atoms with Crippen LogP contribution in [0.15, 0.2) is 24.3 Å². The van der Waals surface area contributed by atoms with Crippen LogP contribution < -0.4 is 0 Å². The standard InChI is InChI=1S/C15H16O3/c1-8-5-4-6-9(2)13(8)14-10(3)15(18)12(17)7-11(14)16/h4-7,16-18H,1-3H3. The van der Waals surface area contributed by atoms with E-state index >= 15 is 0 Å². The lowest BCUT2D eigenvalue weighted by Gasteiger charge is -2.16. The summed E-state index contributed by atoms with van der Waals surface area (Å²) in [6.45, 7) is 5.58. The van der Waals surface area contributed by atoms with Crippen molar-refractivity contribution in [1.29, 1.82) is 0 Å². The first-order valence-corrected chi connectivity index (χ1v) is 5.74. The molecule has 0 saturated heterocycles. The molecule has 0 radical (unpaired) electrons. The van der Waals surface area contributed by atoms with E-state index in [1.807, 2.05) is 32.0 Å². The Bertz CT molecular complexity index is 595. The maximum Gasteiger partial charge on any atom is 0.161 e. The van der Waals surface area contributed by atoms with Crippen molar-refractivity contribution in [3.8, 4) is 28.4 Å². The van der Waals surface area contributed by atoms with Gasteiger partial charge >= 0.3 is 0 Å². The van der Waals surface area contributed by atoms with E-state index in [1.165, 1.54) is 6.07 Å². The lowest BCUT2D eigenvalue weighted by molar-refractivity contribution is 0.394. The number of hydrogen-bond acceptors (Lipinski definition) is 3. The highest BCUT2D eigenvalue weighted by molar-refractivity contribution is 5.81. The molecule has 3 heteroatoms. The van der Waals surface area contributed by atoms with Gasteiger partial charge in [0, 0.05) is 17.2 Å². The van der Waals surface area contributed by atoms with Gasteiger partial charge in [-0.05, 0) is 37.5 Å². The van der Waals surface area contributed by atoms with Crippen LogP contribution in [0.3, 0.4) is 0 Å². The molecular weight excluding hydrogens is 228 g/mol. The van der Waals surface area contributed by atoms with Gasteiger partial charge in [0.05, 0.1) is 0 Å². The van der Waals surface area contributed by atoms with Crippen molar-refractivity contribution >= 4 is 0 Å². The van der Waals surface area contributed by atoms with Crippen LogP contribution in [0.4, 0.5) is 0 Å². The quantitative estimate of drug-likeness (QED) is 0.532. The molecule has 2 aromatic carbocycles. The highest BCUT2D eigenvalue weighted by Gasteiger charge is 2.18. The van der Waals surface area contributed by atoms with Crippen LogP contribution >= 0.6 is 0 Å². The van der Waals surface area contributed by atoms with E-state index in [9.17, 15) is 15.3 Å². The van der Waals surface area contributed by atoms with Crippen molar-refractivity contribution in [2.75, 3.05) is 0 Å². The third-order valence-electron chi connectivity index (χ3n) is 3.23. The molecule has 3 N–H and O–H groups in total. The minimum atomic E-state index is -0.306. The molecule has 3 nitrogen and oxygen atoms in total. The molecule has 0 spiro atoms. The predicted molar refractivity (Wildman–Crippen MR) is 71.1 cm³/mol. The summed E-state index contributed by atoms with van der Waals surface area (Å²) in [6, 6.07) is 7.01. The van der Waals surface area contributed by atoms with E-state index in [-0.39, 0.29) is 17.2 Å². The van der Waals surface area contributed by atoms with Crippen molar-refractivity contribution in [2.45, 2.75) is 20.8 Å². The van der Waals surface area contributed by atoms with Gasteiger partial charge in [0.1, 0.15) is 5.75 Å². The fourth-order valence-corrected chi connectivity index (χ4v) is 2.30. The first-order chi connectivity index (χ1) is 8.43. The molecule has 0 amide bonds. The number of hydrogen-bond donors (Lipinski definition) is 3. The number of aryl methyl sites for hydroxylation is 2. The third kappa shape index (κ3) is 1.78. The lowest BCUT2D eigenvalue weighted by Crippen LogP contribution is -1.92. The summed E-state index contributed by atoms with van der Waals surface area (Å²) in [5.74, 6) is -0.523. The second kappa shape index (κ2) is 4.26. The molecule has 0 bridgehead atoms. The highest BCUT2D eigenvalue weighted by Crippen LogP contribution is 2.44. The zero-order valence-electron chi connectivity index (χ0n) is 10.7. The van der Waals surface area contributed by atoms with Crippen LogP contribution in [0, 0.1) is 20.8 Å². The number of phenols is 3. The average Bonchev–Trinajstić information content (AvgIpc) is 2.30. The van der Waals surface area contributed by atoms with Crippen LogP contribution in [-0.4, -0.2) is 15.3 Å². The van der Waals surface area contributed by atoms with Gasteiger partial charge in [-0.1, -0.05) is 18.2 Å². The smallest absolute Gasteiger partial charge is 0.161 e. The Morgan fingerprint density at radius 2 is 1.33 bits per heavy atom. The fraction of sp³-hybridized carbons (Fsp3) is 0.200. The molecular formula is C15H16O3. The molecule has 2 aromatic rings. The van der Waals surface area contributed by atoms with Gasteiger partial charge < -0.3 is 15.3 Å². The normalized spacial score (nSPS) is 10.6. The number of aromatic hydroxyl groups is 3. The van der Waals surface area contributed by atoms with Gasteiger partial charge in [0.25, 0.3) is 0 Å². The van der Waals surface area contributed by atoms with Crippen LogP contribution in [0.2, 0.25) is 0 Å². The molecule has 0 saturated carbocycles. The topological polar surface area (TPSA) is 60.7 Å². The Morgan fingerprint density at radius 1 is 0.778 bits per heavy atom. The molecule has 0 aliphatic rings. The molecule has 0 atom stereocenters. The van der Waals surface area contributed by atoms with Crippen LogP contribution in [0.5, 0.6) is 17.2 Å².